The number of aromatic hydroxyl groups is 1. The summed E-state index contributed by atoms with van der Waals surface area (Å²) in [6.07, 6.45) is 0. The number of benzene rings is 3. The number of H-pyrrole nitrogens is 2. The minimum atomic E-state index is 0.172. The molecule has 0 bridgehead atoms. The fraction of sp³-hybridized carbons (Fsp3) is 0.231. The van der Waals surface area contributed by atoms with Crippen LogP contribution >= 0.6 is 0 Å². The van der Waals surface area contributed by atoms with Gasteiger partial charge in [0.05, 0.1) is 23.7 Å². The van der Waals surface area contributed by atoms with Crippen LogP contribution in [0, 0.1) is 0 Å². The molecule has 34 heavy (non-hydrogen) atoms. The molecule has 3 N–H and O–H groups in total. The van der Waals surface area contributed by atoms with Crippen molar-refractivity contribution in [1.29, 1.82) is 0 Å². The van der Waals surface area contributed by atoms with E-state index in [9.17, 15) is 5.11 Å². The number of rotatable bonds is 4. The molecule has 0 spiro atoms. The molecule has 1 aliphatic heterocycles. The average molecular weight is 455 g/mol. The Bertz CT molecular complexity index is 1500. The Morgan fingerprint density at radius 3 is 2.62 bits per heavy atom. The first-order valence-electron chi connectivity index (χ1n) is 11.4. The highest BCUT2D eigenvalue weighted by Crippen LogP contribution is 2.36. The summed E-state index contributed by atoms with van der Waals surface area (Å²) in [4.78, 5) is 13.1. The van der Waals surface area contributed by atoms with Gasteiger partial charge in [0.1, 0.15) is 17.2 Å². The van der Waals surface area contributed by atoms with E-state index in [2.05, 4.69) is 50.2 Å². The van der Waals surface area contributed by atoms with Crippen molar-refractivity contribution in [2.45, 2.75) is 0 Å². The maximum Gasteiger partial charge on any atom is 0.159 e. The zero-order valence-corrected chi connectivity index (χ0v) is 19.2. The molecule has 1 fully saturated rings. The zero-order chi connectivity index (χ0) is 23.2. The van der Waals surface area contributed by atoms with Crippen LogP contribution in [-0.4, -0.2) is 70.5 Å². The number of nitrogens with one attached hydrogen (secondary N) is 2. The number of piperazine rings is 1. The second kappa shape index (κ2) is 8.07. The third kappa shape index (κ3) is 3.52. The predicted octanol–water partition coefficient (Wildman–Crippen LogP) is 4.24. The number of imidazole rings is 1. The number of hydrogen-bond donors (Lipinski definition) is 3. The van der Waals surface area contributed by atoms with Crippen molar-refractivity contribution in [1.82, 2.24) is 25.1 Å². The van der Waals surface area contributed by atoms with Crippen molar-refractivity contribution in [2.75, 3.05) is 45.2 Å². The maximum atomic E-state index is 9.77. The standard InChI is InChI=1S/C26H26N6O2/c1-31-9-11-32(12-10-31)17-4-8-21-23(14-17)28-26(27-21)25-20-6-3-16(13-22(20)29-30-25)19-7-5-18(33)15-24(19)34-2/h3-8,13-15,33H,9-12H2,1-2H3,(H,27,28)(H,29,30). The summed E-state index contributed by atoms with van der Waals surface area (Å²) in [7, 11) is 3.77. The highest BCUT2D eigenvalue weighted by molar-refractivity contribution is 5.96. The van der Waals surface area contributed by atoms with Gasteiger partial charge in [-0.2, -0.15) is 5.10 Å². The Morgan fingerprint density at radius 1 is 0.941 bits per heavy atom. The molecule has 6 rings (SSSR count). The summed E-state index contributed by atoms with van der Waals surface area (Å²) in [5.74, 6) is 1.53. The van der Waals surface area contributed by atoms with Crippen LogP contribution in [0.15, 0.2) is 54.6 Å². The summed E-state index contributed by atoms with van der Waals surface area (Å²) < 4.78 is 5.45. The molecular formula is C26H26N6O2. The van der Waals surface area contributed by atoms with E-state index in [1.165, 1.54) is 5.69 Å². The minimum Gasteiger partial charge on any atom is -0.508 e. The van der Waals surface area contributed by atoms with Crippen LogP contribution in [0.3, 0.4) is 0 Å². The summed E-state index contributed by atoms with van der Waals surface area (Å²) in [5.41, 5.74) is 6.72. The van der Waals surface area contributed by atoms with Crippen LogP contribution in [0.4, 0.5) is 5.69 Å². The molecule has 2 aromatic heterocycles. The molecule has 5 aromatic rings. The maximum absolute atomic E-state index is 9.77. The molecule has 1 saturated heterocycles. The molecular weight excluding hydrogens is 428 g/mol. The SMILES string of the molecule is COc1cc(O)ccc1-c1ccc2c(-c3nc4ccc(N5CCN(C)CC5)cc4[nH]3)n[nH]c2c1. The number of nitrogens with zero attached hydrogens (tertiary/aromatic N) is 4. The lowest BCUT2D eigenvalue weighted by atomic mass is 10.0. The predicted molar refractivity (Wildman–Crippen MR) is 135 cm³/mol. The first kappa shape index (κ1) is 20.6. The van der Waals surface area contributed by atoms with Gasteiger partial charge in [-0.05, 0) is 55.1 Å². The summed E-state index contributed by atoms with van der Waals surface area (Å²) in [5, 5.41) is 18.5. The normalized spacial score (nSPS) is 14.8. The molecule has 1 aliphatic rings. The largest absolute Gasteiger partial charge is 0.508 e. The van der Waals surface area contributed by atoms with E-state index in [1.807, 2.05) is 24.3 Å². The number of aromatic amines is 2. The third-order valence-electron chi connectivity index (χ3n) is 6.62. The zero-order valence-electron chi connectivity index (χ0n) is 19.2. The number of phenolic OH excluding ortho intramolecular Hbond substituents is 1. The van der Waals surface area contributed by atoms with Crippen LogP contribution in [0.5, 0.6) is 11.5 Å². The van der Waals surface area contributed by atoms with Crippen molar-refractivity contribution in [3.63, 3.8) is 0 Å². The number of fused-ring (bicyclic) bond motifs is 2. The summed E-state index contributed by atoms with van der Waals surface area (Å²) in [6.45, 7) is 4.20. The lowest BCUT2D eigenvalue weighted by molar-refractivity contribution is 0.313. The monoisotopic (exact) mass is 454 g/mol. The van der Waals surface area contributed by atoms with E-state index in [4.69, 9.17) is 9.72 Å². The Labute approximate surface area is 196 Å². The Kier molecular flexibility index (Phi) is 4.88. The van der Waals surface area contributed by atoms with Gasteiger partial charge >= 0.3 is 0 Å². The highest BCUT2D eigenvalue weighted by Gasteiger charge is 2.17. The first-order valence-corrected chi connectivity index (χ1v) is 11.4. The second-order valence-electron chi connectivity index (χ2n) is 8.79. The molecule has 3 heterocycles. The van der Waals surface area contributed by atoms with Crippen LogP contribution in [0.1, 0.15) is 0 Å². The number of likely N-dealkylation sites (N-methyl/N-ethyl adjacent to an activating group) is 1. The molecule has 172 valence electrons. The Morgan fingerprint density at radius 2 is 1.79 bits per heavy atom. The topological polar surface area (TPSA) is 93.3 Å². The molecule has 0 aliphatic carbocycles. The number of hydrogen-bond acceptors (Lipinski definition) is 6. The Balaban J connectivity index is 1.35. The van der Waals surface area contributed by atoms with Crippen LogP contribution in [0.2, 0.25) is 0 Å². The van der Waals surface area contributed by atoms with Crippen LogP contribution < -0.4 is 9.64 Å². The van der Waals surface area contributed by atoms with E-state index in [1.54, 1.807) is 19.2 Å². The van der Waals surface area contributed by atoms with Crippen molar-refractivity contribution < 1.29 is 9.84 Å². The van der Waals surface area contributed by atoms with Crippen molar-refractivity contribution in [3.05, 3.63) is 54.6 Å². The first-order chi connectivity index (χ1) is 16.6. The molecule has 0 atom stereocenters. The fourth-order valence-electron chi connectivity index (χ4n) is 4.66. The molecule has 8 heteroatoms. The van der Waals surface area contributed by atoms with Gasteiger partial charge in [-0.15, -0.1) is 0 Å². The molecule has 8 nitrogen and oxygen atoms in total. The van der Waals surface area contributed by atoms with Gasteiger partial charge in [0.15, 0.2) is 5.82 Å². The van der Waals surface area contributed by atoms with Crippen molar-refractivity contribution >= 4 is 27.6 Å². The van der Waals surface area contributed by atoms with E-state index < -0.39 is 0 Å². The van der Waals surface area contributed by atoms with Gasteiger partial charge in [-0.3, -0.25) is 5.10 Å². The number of aromatic nitrogens is 4. The fourth-order valence-corrected chi connectivity index (χ4v) is 4.66. The van der Waals surface area contributed by atoms with Crippen molar-refractivity contribution in [3.8, 4) is 34.1 Å². The lowest BCUT2D eigenvalue weighted by Crippen LogP contribution is -2.44. The number of ether oxygens (including phenoxy) is 1. The minimum absolute atomic E-state index is 0.172. The van der Waals surface area contributed by atoms with E-state index in [0.29, 0.717) is 5.75 Å². The van der Waals surface area contributed by atoms with Gasteiger partial charge in [-0.1, -0.05) is 6.07 Å². The smallest absolute Gasteiger partial charge is 0.159 e. The average Bonchev–Trinajstić information content (AvgIpc) is 3.47. The Hall–Kier alpha value is -4.04. The quantitative estimate of drug-likeness (QED) is 0.376. The summed E-state index contributed by atoms with van der Waals surface area (Å²) >= 11 is 0. The van der Waals surface area contributed by atoms with E-state index in [0.717, 1.165) is 70.8 Å². The highest BCUT2D eigenvalue weighted by atomic mass is 16.5. The van der Waals surface area contributed by atoms with Crippen LogP contribution in [-0.2, 0) is 0 Å². The number of methoxy groups -OCH3 is 1. The number of anilines is 1. The van der Waals surface area contributed by atoms with Crippen LogP contribution in [0.25, 0.3) is 44.6 Å². The lowest BCUT2D eigenvalue weighted by Gasteiger charge is -2.34. The van der Waals surface area contributed by atoms with E-state index >= 15 is 0 Å². The molecule has 3 aromatic carbocycles. The second-order valence-corrected chi connectivity index (χ2v) is 8.79. The van der Waals surface area contributed by atoms with Gasteiger partial charge < -0.3 is 24.6 Å². The summed E-state index contributed by atoms with van der Waals surface area (Å²) in [6, 6.07) is 17.6. The molecule has 0 amide bonds. The molecule has 0 radical (unpaired) electrons. The van der Waals surface area contributed by atoms with Gasteiger partial charge in [0.2, 0.25) is 0 Å². The van der Waals surface area contributed by atoms with Gasteiger partial charge in [0.25, 0.3) is 0 Å². The molecule has 0 unspecified atom stereocenters. The third-order valence-corrected chi connectivity index (χ3v) is 6.62. The van der Waals surface area contributed by atoms with Gasteiger partial charge in [-0.25, -0.2) is 4.98 Å². The number of phenols is 1. The van der Waals surface area contributed by atoms with Gasteiger partial charge in [0, 0.05) is 48.9 Å². The van der Waals surface area contributed by atoms with Crippen molar-refractivity contribution in [2.24, 2.45) is 0 Å². The van der Waals surface area contributed by atoms with E-state index in [-0.39, 0.29) is 5.75 Å². The molecule has 0 saturated carbocycles.